The number of hydrogen-bond acceptors (Lipinski definition) is 3. The Labute approximate surface area is 104 Å². The van der Waals surface area contributed by atoms with E-state index in [2.05, 4.69) is 5.10 Å². The highest BCUT2D eigenvalue weighted by Crippen LogP contribution is 2.16. The maximum atomic E-state index is 13.3. The number of rotatable bonds is 4. The smallest absolute Gasteiger partial charge is 0.144 e. The molecule has 0 radical (unpaired) electrons. The first-order valence-corrected chi connectivity index (χ1v) is 5.49. The van der Waals surface area contributed by atoms with Gasteiger partial charge in [-0.3, -0.25) is 4.68 Å². The lowest BCUT2D eigenvalue weighted by atomic mass is 10.2. The first kappa shape index (κ1) is 12.1. The van der Waals surface area contributed by atoms with E-state index in [0.717, 1.165) is 5.56 Å². The number of aryl methyl sites for hydroxylation is 1. The first-order chi connectivity index (χ1) is 8.69. The Morgan fingerprint density at radius 2 is 2.33 bits per heavy atom. The molecule has 0 saturated heterocycles. The zero-order chi connectivity index (χ0) is 13.0. The second kappa shape index (κ2) is 5.32. The second-order valence-electron chi connectivity index (χ2n) is 3.87. The van der Waals surface area contributed by atoms with Gasteiger partial charge in [-0.15, -0.1) is 0 Å². The number of hydrogen-bond donors (Lipinski definition) is 0. The van der Waals surface area contributed by atoms with Gasteiger partial charge in [0.2, 0.25) is 0 Å². The summed E-state index contributed by atoms with van der Waals surface area (Å²) in [5, 5.41) is 12.6. The number of benzene rings is 1. The van der Waals surface area contributed by atoms with Crippen LogP contribution in [0.4, 0.5) is 4.39 Å². The summed E-state index contributed by atoms with van der Waals surface area (Å²) in [5.41, 5.74) is 1.08. The van der Waals surface area contributed by atoms with Crippen molar-refractivity contribution < 1.29 is 9.13 Å². The van der Waals surface area contributed by atoms with Crippen LogP contribution in [0.25, 0.3) is 0 Å². The molecule has 2 aromatic rings. The summed E-state index contributed by atoms with van der Waals surface area (Å²) >= 11 is 0. The molecule has 0 unspecified atom stereocenters. The van der Waals surface area contributed by atoms with Crippen molar-refractivity contribution in [3.8, 4) is 11.8 Å². The Hall–Kier alpha value is -2.35. The van der Waals surface area contributed by atoms with Gasteiger partial charge in [0, 0.05) is 25.7 Å². The van der Waals surface area contributed by atoms with E-state index in [1.54, 1.807) is 23.0 Å². The van der Waals surface area contributed by atoms with Crippen LogP contribution in [-0.4, -0.2) is 16.4 Å². The van der Waals surface area contributed by atoms with Gasteiger partial charge in [-0.25, -0.2) is 4.39 Å². The van der Waals surface area contributed by atoms with E-state index in [4.69, 9.17) is 10.00 Å². The number of nitriles is 1. The molecule has 2 rings (SSSR count). The first-order valence-electron chi connectivity index (χ1n) is 5.49. The fraction of sp³-hybridized carbons (Fsp3) is 0.231. The summed E-state index contributed by atoms with van der Waals surface area (Å²) in [6.45, 7) is 0.442. The van der Waals surface area contributed by atoms with Crippen molar-refractivity contribution in [3.63, 3.8) is 0 Å². The molecule has 5 heteroatoms. The molecule has 0 aliphatic heterocycles. The van der Waals surface area contributed by atoms with Gasteiger partial charge in [0.05, 0.1) is 18.4 Å². The van der Waals surface area contributed by atoms with Gasteiger partial charge in [0.1, 0.15) is 17.6 Å². The van der Waals surface area contributed by atoms with E-state index in [1.165, 1.54) is 12.1 Å². The molecule has 1 aromatic heterocycles. The highest BCUT2D eigenvalue weighted by atomic mass is 19.1. The van der Waals surface area contributed by atoms with Crippen LogP contribution in [0.3, 0.4) is 0 Å². The predicted octanol–water partition coefficient (Wildman–Crippen LogP) is 2.05. The van der Waals surface area contributed by atoms with Crippen molar-refractivity contribution in [2.24, 2.45) is 7.05 Å². The van der Waals surface area contributed by atoms with Gasteiger partial charge in [0.15, 0.2) is 0 Å². The molecular weight excluding hydrogens is 233 g/mol. The molecule has 0 N–H and O–H groups in total. The molecule has 92 valence electrons. The largest absolute Gasteiger partial charge is 0.493 e. The quantitative estimate of drug-likeness (QED) is 0.828. The minimum Gasteiger partial charge on any atom is -0.493 e. The number of halogens is 1. The Morgan fingerprint density at radius 3 is 2.94 bits per heavy atom. The molecule has 0 bridgehead atoms. The molecule has 0 aliphatic carbocycles. The molecule has 0 aliphatic rings. The zero-order valence-electron chi connectivity index (χ0n) is 9.93. The van der Waals surface area contributed by atoms with Crippen molar-refractivity contribution in [1.29, 1.82) is 5.26 Å². The summed E-state index contributed by atoms with van der Waals surface area (Å²) in [6, 6.07) is 5.99. The molecule has 0 atom stereocenters. The van der Waals surface area contributed by atoms with Crippen LogP contribution < -0.4 is 4.74 Å². The summed E-state index contributed by atoms with van der Waals surface area (Å²) < 4.78 is 20.4. The molecule has 4 nitrogen and oxygen atoms in total. The molecule has 0 fully saturated rings. The van der Waals surface area contributed by atoms with Crippen LogP contribution in [0.1, 0.15) is 11.1 Å². The Kier molecular flexibility index (Phi) is 3.58. The summed E-state index contributed by atoms with van der Waals surface area (Å²) in [5.74, 6) is -0.133. The molecule has 18 heavy (non-hydrogen) atoms. The van der Waals surface area contributed by atoms with E-state index < -0.39 is 5.82 Å². The third kappa shape index (κ3) is 2.86. The topological polar surface area (TPSA) is 50.8 Å². The van der Waals surface area contributed by atoms with Crippen LogP contribution in [-0.2, 0) is 13.5 Å². The van der Waals surface area contributed by atoms with Gasteiger partial charge >= 0.3 is 0 Å². The van der Waals surface area contributed by atoms with Crippen molar-refractivity contribution in [2.75, 3.05) is 6.61 Å². The van der Waals surface area contributed by atoms with Crippen LogP contribution in [0.5, 0.6) is 5.75 Å². The van der Waals surface area contributed by atoms with Gasteiger partial charge in [0.25, 0.3) is 0 Å². The third-order valence-electron chi connectivity index (χ3n) is 2.48. The number of ether oxygens (including phenoxy) is 1. The van der Waals surface area contributed by atoms with E-state index in [0.29, 0.717) is 18.8 Å². The molecule has 0 amide bonds. The number of nitrogens with zero attached hydrogens (tertiary/aromatic N) is 3. The average Bonchev–Trinajstić information content (AvgIpc) is 2.75. The van der Waals surface area contributed by atoms with E-state index in [1.807, 2.05) is 13.2 Å². The van der Waals surface area contributed by atoms with Crippen LogP contribution in [0.2, 0.25) is 0 Å². The van der Waals surface area contributed by atoms with E-state index in [-0.39, 0.29) is 5.56 Å². The van der Waals surface area contributed by atoms with Crippen LogP contribution in [0, 0.1) is 17.1 Å². The van der Waals surface area contributed by atoms with Gasteiger partial charge in [-0.2, -0.15) is 10.4 Å². The van der Waals surface area contributed by atoms with E-state index in [9.17, 15) is 4.39 Å². The van der Waals surface area contributed by atoms with Gasteiger partial charge in [-0.05, 0) is 17.7 Å². The minimum atomic E-state index is -0.559. The lowest BCUT2D eigenvalue weighted by Crippen LogP contribution is -2.01. The van der Waals surface area contributed by atoms with Crippen molar-refractivity contribution in [2.45, 2.75) is 6.42 Å². The highest BCUT2D eigenvalue weighted by Gasteiger charge is 2.03. The van der Waals surface area contributed by atoms with Crippen LogP contribution in [0.15, 0.2) is 30.6 Å². The fourth-order valence-corrected chi connectivity index (χ4v) is 1.56. The van der Waals surface area contributed by atoms with Crippen molar-refractivity contribution in [1.82, 2.24) is 9.78 Å². The standard InChI is InChI=1S/C13H12FN3O/c1-17-9-10(8-16-17)4-5-18-12-3-2-11(7-15)13(14)6-12/h2-3,6,8-9H,4-5H2,1H3. The maximum absolute atomic E-state index is 13.3. The monoisotopic (exact) mass is 245 g/mol. The predicted molar refractivity (Wildman–Crippen MR) is 63.5 cm³/mol. The summed E-state index contributed by atoms with van der Waals surface area (Å²) in [7, 11) is 1.85. The average molecular weight is 245 g/mol. The Balaban J connectivity index is 1.91. The second-order valence-corrected chi connectivity index (χ2v) is 3.87. The van der Waals surface area contributed by atoms with Gasteiger partial charge < -0.3 is 4.74 Å². The fourth-order valence-electron chi connectivity index (χ4n) is 1.56. The highest BCUT2D eigenvalue weighted by molar-refractivity contribution is 5.36. The molecule has 1 heterocycles. The summed E-state index contributed by atoms with van der Waals surface area (Å²) in [4.78, 5) is 0. The van der Waals surface area contributed by atoms with Gasteiger partial charge in [-0.1, -0.05) is 0 Å². The lowest BCUT2D eigenvalue weighted by molar-refractivity contribution is 0.320. The maximum Gasteiger partial charge on any atom is 0.144 e. The third-order valence-corrected chi connectivity index (χ3v) is 2.48. The van der Waals surface area contributed by atoms with Crippen molar-refractivity contribution >= 4 is 0 Å². The molecular formula is C13H12FN3O. The number of aromatic nitrogens is 2. The molecule has 0 saturated carbocycles. The Bertz CT molecular complexity index is 586. The SMILES string of the molecule is Cn1cc(CCOc2ccc(C#N)c(F)c2)cn1. The molecule has 1 aromatic carbocycles. The normalized spacial score (nSPS) is 10.1. The molecule has 0 spiro atoms. The van der Waals surface area contributed by atoms with Crippen LogP contribution >= 0.6 is 0 Å². The van der Waals surface area contributed by atoms with E-state index >= 15 is 0 Å². The minimum absolute atomic E-state index is 0.0228. The zero-order valence-corrected chi connectivity index (χ0v) is 9.93. The summed E-state index contributed by atoms with van der Waals surface area (Å²) in [6.07, 6.45) is 4.38. The lowest BCUT2D eigenvalue weighted by Gasteiger charge is -2.05. The Morgan fingerprint density at radius 1 is 1.50 bits per heavy atom. The van der Waals surface area contributed by atoms with Crippen molar-refractivity contribution in [3.05, 3.63) is 47.5 Å².